The van der Waals surface area contributed by atoms with E-state index in [-0.39, 0.29) is 0 Å². The van der Waals surface area contributed by atoms with E-state index in [1.54, 1.807) is 0 Å². The zero-order valence-corrected chi connectivity index (χ0v) is 26.5. The third-order valence-electron chi connectivity index (χ3n) is 8.51. The van der Waals surface area contributed by atoms with Gasteiger partial charge >= 0.3 is 0 Å². The van der Waals surface area contributed by atoms with E-state index >= 15 is 0 Å². The fourth-order valence-corrected chi connectivity index (χ4v) is 5.95. The number of hydrogen-bond acceptors (Lipinski definition) is 6. The van der Waals surface area contributed by atoms with Gasteiger partial charge in [-0.1, -0.05) is 133 Å². The fraction of sp³-hybridized carbons (Fsp3) is 0. The van der Waals surface area contributed by atoms with E-state index in [0.29, 0.717) is 28.9 Å². The summed E-state index contributed by atoms with van der Waals surface area (Å²) in [6.45, 7) is 0. The van der Waals surface area contributed by atoms with Crippen molar-refractivity contribution in [3.63, 3.8) is 0 Å². The van der Waals surface area contributed by atoms with Crippen molar-refractivity contribution >= 4 is 33.3 Å². The van der Waals surface area contributed by atoms with Crippen molar-refractivity contribution in [2.45, 2.75) is 0 Å². The Morgan fingerprint density at radius 1 is 0.449 bits per heavy atom. The molecular formula is C43H31N5O. The Morgan fingerprint density at radius 2 is 0.939 bits per heavy atom. The Balaban J connectivity index is 1.25. The zero-order chi connectivity index (χ0) is 33.2. The van der Waals surface area contributed by atoms with Gasteiger partial charge in [0.05, 0.1) is 0 Å². The number of allylic oxidation sites excluding steroid dienone is 2. The highest BCUT2D eigenvalue weighted by Crippen LogP contribution is 2.39. The molecule has 0 aliphatic rings. The van der Waals surface area contributed by atoms with Crippen LogP contribution in [0.25, 0.3) is 78.6 Å². The predicted octanol–water partition coefficient (Wildman–Crippen LogP) is 9.74. The first kappa shape index (κ1) is 29.6. The topological polar surface area (TPSA) is 104 Å². The van der Waals surface area contributed by atoms with Crippen molar-refractivity contribution in [1.82, 2.24) is 15.0 Å². The highest BCUT2D eigenvalue weighted by atomic mass is 16.3. The number of benzene rings is 6. The predicted molar refractivity (Wildman–Crippen MR) is 200 cm³/mol. The van der Waals surface area contributed by atoms with E-state index in [1.807, 2.05) is 133 Å². The van der Waals surface area contributed by atoms with Crippen molar-refractivity contribution in [3.8, 4) is 45.3 Å². The number of rotatable bonds is 7. The number of aromatic nitrogens is 3. The van der Waals surface area contributed by atoms with Gasteiger partial charge in [-0.3, -0.25) is 0 Å². The van der Waals surface area contributed by atoms with Gasteiger partial charge in [0.25, 0.3) is 0 Å². The van der Waals surface area contributed by atoms with Crippen molar-refractivity contribution in [2.75, 3.05) is 0 Å². The standard InChI is InChI=1S/C43H31N5O/c44-37(29-12-4-1-5-13-29)24-25-38(45)30-22-20-28(21-23-30)35-26-33(27-36-34-18-10-11-19-39(34)49-40(35)36)43-47-41(31-14-6-2-7-15-31)46-42(48-43)32-16-8-3-9-17-32/h1-27H,44-45H2/b37-24-,38-25-. The SMILES string of the molecule is N/C(=C\C=C(/N)c1ccc(-c2cc(-c3nc(-c4ccccc4)nc(-c4ccccc4)n3)cc3c2oc2ccccc23)cc1)c1ccccc1. The molecule has 0 bridgehead atoms. The lowest BCUT2D eigenvalue weighted by molar-refractivity contribution is 0.670. The lowest BCUT2D eigenvalue weighted by Gasteiger charge is -2.11. The Labute approximate surface area is 283 Å². The van der Waals surface area contributed by atoms with Gasteiger partial charge in [-0.25, -0.2) is 15.0 Å². The molecule has 0 saturated carbocycles. The molecule has 0 atom stereocenters. The van der Waals surface area contributed by atoms with Crippen molar-refractivity contribution < 1.29 is 4.42 Å². The zero-order valence-electron chi connectivity index (χ0n) is 26.5. The summed E-state index contributed by atoms with van der Waals surface area (Å²) < 4.78 is 6.49. The minimum atomic E-state index is 0.577. The number of nitrogens with two attached hydrogens (primary N) is 2. The first-order valence-corrected chi connectivity index (χ1v) is 16.0. The summed E-state index contributed by atoms with van der Waals surface area (Å²) in [6, 6.07) is 50.2. The largest absolute Gasteiger partial charge is 0.455 e. The number of para-hydroxylation sites is 1. The van der Waals surface area contributed by atoms with Crippen LogP contribution in [0.2, 0.25) is 0 Å². The molecule has 6 heteroatoms. The lowest BCUT2D eigenvalue weighted by Crippen LogP contribution is -2.00. The Hall–Kier alpha value is -6.79. The third-order valence-corrected chi connectivity index (χ3v) is 8.51. The summed E-state index contributed by atoms with van der Waals surface area (Å²) in [6.07, 6.45) is 3.67. The summed E-state index contributed by atoms with van der Waals surface area (Å²) >= 11 is 0. The first-order valence-electron chi connectivity index (χ1n) is 16.0. The van der Waals surface area contributed by atoms with Gasteiger partial charge in [0.2, 0.25) is 0 Å². The highest BCUT2D eigenvalue weighted by Gasteiger charge is 2.18. The quantitative estimate of drug-likeness (QED) is 0.169. The van der Waals surface area contributed by atoms with Crippen molar-refractivity contribution in [3.05, 3.63) is 175 Å². The van der Waals surface area contributed by atoms with Crippen LogP contribution in [0.15, 0.2) is 168 Å². The molecule has 2 heterocycles. The summed E-state index contributed by atoms with van der Waals surface area (Å²) in [5, 5.41) is 2.00. The molecule has 6 nitrogen and oxygen atoms in total. The van der Waals surface area contributed by atoms with Gasteiger partial charge in [-0.2, -0.15) is 0 Å². The molecule has 4 N–H and O–H groups in total. The molecule has 0 fully saturated rings. The molecule has 0 aliphatic heterocycles. The third kappa shape index (κ3) is 5.95. The van der Waals surface area contributed by atoms with E-state index in [0.717, 1.165) is 60.9 Å². The number of nitrogens with zero attached hydrogens (tertiary/aromatic N) is 3. The van der Waals surface area contributed by atoms with Crippen LogP contribution in [0.3, 0.4) is 0 Å². The molecule has 0 aliphatic carbocycles. The summed E-state index contributed by atoms with van der Waals surface area (Å²) in [5.74, 6) is 1.79. The van der Waals surface area contributed by atoms with Crippen LogP contribution in [-0.4, -0.2) is 15.0 Å². The second-order valence-corrected chi connectivity index (χ2v) is 11.7. The molecular weight excluding hydrogens is 603 g/mol. The summed E-state index contributed by atoms with van der Waals surface area (Å²) in [5.41, 5.74) is 22.1. The molecule has 0 spiro atoms. The molecule has 0 unspecified atom stereocenters. The van der Waals surface area contributed by atoms with Gasteiger partial charge < -0.3 is 15.9 Å². The average Bonchev–Trinajstić information content (AvgIpc) is 3.56. The van der Waals surface area contributed by atoms with Gasteiger partial charge in [-0.05, 0) is 47.0 Å². The number of fused-ring (bicyclic) bond motifs is 3. The van der Waals surface area contributed by atoms with Crippen LogP contribution in [0.1, 0.15) is 11.1 Å². The summed E-state index contributed by atoms with van der Waals surface area (Å²) in [4.78, 5) is 14.9. The molecule has 8 rings (SSSR count). The van der Waals surface area contributed by atoms with Crippen LogP contribution < -0.4 is 11.5 Å². The molecule has 0 amide bonds. The van der Waals surface area contributed by atoms with Gasteiger partial charge in [-0.15, -0.1) is 0 Å². The number of hydrogen-bond donors (Lipinski definition) is 2. The minimum Gasteiger partial charge on any atom is -0.455 e. The monoisotopic (exact) mass is 633 g/mol. The lowest BCUT2D eigenvalue weighted by atomic mass is 9.97. The normalized spacial score (nSPS) is 12.1. The fourth-order valence-electron chi connectivity index (χ4n) is 5.95. The van der Waals surface area contributed by atoms with Gasteiger partial charge in [0.1, 0.15) is 11.2 Å². The molecule has 0 saturated heterocycles. The first-order chi connectivity index (χ1) is 24.1. The smallest absolute Gasteiger partial charge is 0.164 e. The second-order valence-electron chi connectivity index (χ2n) is 11.7. The van der Waals surface area contributed by atoms with E-state index in [9.17, 15) is 0 Å². The maximum Gasteiger partial charge on any atom is 0.164 e. The van der Waals surface area contributed by atoms with Crippen molar-refractivity contribution in [2.24, 2.45) is 11.5 Å². The van der Waals surface area contributed by atoms with Gasteiger partial charge in [0.15, 0.2) is 17.5 Å². The maximum absolute atomic E-state index is 6.50. The van der Waals surface area contributed by atoms with E-state index in [2.05, 4.69) is 30.3 Å². The van der Waals surface area contributed by atoms with E-state index in [1.165, 1.54) is 0 Å². The van der Waals surface area contributed by atoms with Gasteiger partial charge in [0, 0.05) is 44.4 Å². The Kier molecular flexibility index (Phi) is 7.72. The van der Waals surface area contributed by atoms with Crippen LogP contribution >= 0.6 is 0 Å². The van der Waals surface area contributed by atoms with Crippen LogP contribution in [0.4, 0.5) is 0 Å². The molecule has 2 aromatic heterocycles. The van der Waals surface area contributed by atoms with E-state index in [4.69, 9.17) is 30.8 Å². The maximum atomic E-state index is 6.50. The Bertz CT molecular complexity index is 2430. The average molecular weight is 634 g/mol. The Morgan fingerprint density at radius 3 is 1.53 bits per heavy atom. The van der Waals surface area contributed by atoms with E-state index < -0.39 is 0 Å². The molecule has 8 aromatic rings. The highest BCUT2D eigenvalue weighted by molar-refractivity contribution is 6.11. The molecule has 0 radical (unpaired) electrons. The molecule has 6 aromatic carbocycles. The summed E-state index contributed by atoms with van der Waals surface area (Å²) in [7, 11) is 0. The van der Waals surface area contributed by atoms with Crippen LogP contribution in [0.5, 0.6) is 0 Å². The van der Waals surface area contributed by atoms with Crippen LogP contribution in [0, 0.1) is 0 Å². The number of furan rings is 1. The van der Waals surface area contributed by atoms with Crippen LogP contribution in [-0.2, 0) is 0 Å². The molecule has 49 heavy (non-hydrogen) atoms. The second kappa shape index (κ2) is 12.8. The van der Waals surface area contributed by atoms with Crippen molar-refractivity contribution in [1.29, 1.82) is 0 Å². The molecule has 234 valence electrons. The minimum absolute atomic E-state index is 0.577.